The van der Waals surface area contributed by atoms with E-state index in [0.29, 0.717) is 22.5 Å². The minimum atomic E-state index is -0.212. The summed E-state index contributed by atoms with van der Waals surface area (Å²) in [5.41, 5.74) is 0.667. The van der Waals surface area contributed by atoms with E-state index in [1.165, 1.54) is 0 Å². The molecule has 1 aliphatic rings. The fourth-order valence-electron chi connectivity index (χ4n) is 1.97. The average Bonchev–Trinajstić information content (AvgIpc) is 2.66. The van der Waals surface area contributed by atoms with E-state index in [-0.39, 0.29) is 12.0 Å². The maximum absolute atomic E-state index is 9.66. The molecule has 0 spiro atoms. The van der Waals surface area contributed by atoms with Gasteiger partial charge in [-0.05, 0) is 12.8 Å². The number of anilines is 1. The van der Waals surface area contributed by atoms with Crippen LogP contribution in [0.1, 0.15) is 19.3 Å². The number of hydrogen-bond donors (Lipinski definition) is 2. The molecule has 4 nitrogen and oxygen atoms in total. The normalized spacial score (nSPS) is 24.7. The molecule has 0 amide bonds. The zero-order valence-corrected chi connectivity index (χ0v) is 10.2. The second-order valence-corrected chi connectivity index (χ2v) is 4.76. The van der Waals surface area contributed by atoms with Crippen molar-refractivity contribution in [3.8, 4) is 0 Å². The lowest BCUT2D eigenvalue weighted by Crippen LogP contribution is -2.22. The van der Waals surface area contributed by atoms with Gasteiger partial charge in [0, 0.05) is 18.5 Å². The van der Waals surface area contributed by atoms with Gasteiger partial charge in [0.1, 0.15) is 0 Å². The molecule has 2 rings (SSSR count). The first-order valence-electron chi connectivity index (χ1n) is 5.27. The van der Waals surface area contributed by atoms with Crippen molar-refractivity contribution >= 4 is 28.9 Å². The third-order valence-corrected chi connectivity index (χ3v) is 3.36. The third kappa shape index (κ3) is 2.75. The van der Waals surface area contributed by atoms with Gasteiger partial charge >= 0.3 is 0 Å². The van der Waals surface area contributed by atoms with E-state index in [4.69, 9.17) is 23.2 Å². The van der Waals surface area contributed by atoms with Gasteiger partial charge in [-0.1, -0.05) is 29.6 Å². The van der Waals surface area contributed by atoms with Crippen LogP contribution in [0.5, 0.6) is 0 Å². The van der Waals surface area contributed by atoms with Crippen LogP contribution in [0.4, 0.5) is 5.69 Å². The smallest absolute Gasteiger partial charge is 0.174 e. The zero-order chi connectivity index (χ0) is 11.5. The second-order valence-electron chi connectivity index (χ2n) is 4.01. The van der Waals surface area contributed by atoms with Crippen LogP contribution in [0, 0.1) is 5.92 Å². The lowest BCUT2D eigenvalue weighted by atomic mass is 10.1. The van der Waals surface area contributed by atoms with E-state index in [9.17, 15) is 5.11 Å². The molecule has 0 radical (unpaired) electrons. The molecule has 2 N–H and O–H groups in total. The van der Waals surface area contributed by atoms with E-state index in [2.05, 4.69) is 15.5 Å². The Morgan fingerprint density at radius 1 is 1.38 bits per heavy atom. The first kappa shape index (κ1) is 11.9. The molecule has 1 aliphatic carbocycles. The van der Waals surface area contributed by atoms with Crippen molar-refractivity contribution in [3.05, 3.63) is 16.4 Å². The van der Waals surface area contributed by atoms with E-state index in [1.54, 1.807) is 6.07 Å². The van der Waals surface area contributed by atoms with Crippen LogP contribution in [0.15, 0.2) is 6.07 Å². The summed E-state index contributed by atoms with van der Waals surface area (Å²) >= 11 is 11.6. The van der Waals surface area contributed by atoms with Gasteiger partial charge in [-0.3, -0.25) is 0 Å². The molecule has 1 fully saturated rings. The van der Waals surface area contributed by atoms with Crippen LogP contribution in [0.3, 0.4) is 0 Å². The molecule has 16 heavy (non-hydrogen) atoms. The number of aliphatic hydroxyl groups is 1. The summed E-state index contributed by atoms with van der Waals surface area (Å²) < 4.78 is 0. The summed E-state index contributed by atoms with van der Waals surface area (Å²) in [5, 5.41) is 20.7. The van der Waals surface area contributed by atoms with Crippen LogP contribution < -0.4 is 5.32 Å². The maximum atomic E-state index is 9.66. The van der Waals surface area contributed by atoms with E-state index >= 15 is 0 Å². The molecule has 2 atom stereocenters. The number of nitrogens with zero attached hydrogens (tertiary/aromatic N) is 2. The molecule has 88 valence electrons. The molecular weight excluding hydrogens is 249 g/mol. The summed E-state index contributed by atoms with van der Waals surface area (Å²) in [5.74, 6) is 0.281. The number of hydrogen-bond acceptors (Lipinski definition) is 4. The summed E-state index contributed by atoms with van der Waals surface area (Å²) in [6, 6.07) is 1.64. The highest BCUT2D eigenvalue weighted by molar-refractivity contribution is 6.33. The Morgan fingerprint density at radius 2 is 2.19 bits per heavy atom. The van der Waals surface area contributed by atoms with Crippen molar-refractivity contribution < 1.29 is 5.11 Å². The van der Waals surface area contributed by atoms with Crippen molar-refractivity contribution in [2.24, 2.45) is 5.92 Å². The van der Waals surface area contributed by atoms with Crippen LogP contribution in [0.2, 0.25) is 10.3 Å². The lowest BCUT2D eigenvalue weighted by Gasteiger charge is -2.16. The molecule has 1 heterocycles. The van der Waals surface area contributed by atoms with Crippen LogP contribution in [-0.2, 0) is 0 Å². The Hall–Kier alpha value is -0.580. The molecule has 1 aromatic rings. The molecule has 0 bridgehead atoms. The standard InChI is InChI=1S/C10H13Cl2N3O/c11-9-4-7(10(12)15-14-9)13-5-6-2-1-3-8(6)16/h4,6,8,16H,1-3,5H2,(H,13,14). The van der Waals surface area contributed by atoms with Crippen LogP contribution >= 0.6 is 23.2 Å². The van der Waals surface area contributed by atoms with Gasteiger partial charge in [-0.2, -0.15) is 0 Å². The van der Waals surface area contributed by atoms with E-state index in [0.717, 1.165) is 19.3 Å². The second kappa shape index (κ2) is 5.17. The minimum absolute atomic E-state index is 0.212. The maximum Gasteiger partial charge on any atom is 0.174 e. The molecule has 0 aliphatic heterocycles. The van der Waals surface area contributed by atoms with Crippen molar-refractivity contribution in [2.75, 3.05) is 11.9 Å². The van der Waals surface area contributed by atoms with Crippen LogP contribution in [0.25, 0.3) is 0 Å². The summed E-state index contributed by atoms with van der Waals surface area (Å²) in [6.07, 6.45) is 2.79. The molecule has 0 saturated heterocycles. The first-order chi connectivity index (χ1) is 7.66. The Morgan fingerprint density at radius 3 is 2.88 bits per heavy atom. The largest absolute Gasteiger partial charge is 0.393 e. The minimum Gasteiger partial charge on any atom is -0.393 e. The van der Waals surface area contributed by atoms with Crippen molar-refractivity contribution in [2.45, 2.75) is 25.4 Å². The predicted molar refractivity (Wildman–Crippen MR) is 63.9 cm³/mol. The number of aliphatic hydroxyl groups excluding tert-OH is 1. The quantitative estimate of drug-likeness (QED) is 0.877. The van der Waals surface area contributed by atoms with Crippen LogP contribution in [-0.4, -0.2) is 28.0 Å². The van der Waals surface area contributed by atoms with Gasteiger partial charge in [-0.15, -0.1) is 10.2 Å². The van der Waals surface area contributed by atoms with E-state index in [1.807, 2.05) is 0 Å². The Kier molecular flexibility index (Phi) is 3.84. The zero-order valence-electron chi connectivity index (χ0n) is 8.66. The number of halogens is 2. The summed E-state index contributed by atoms with van der Waals surface area (Å²) in [7, 11) is 0. The third-order valence-electron chi connectivity index (χ3n) is 2.89. The van der Waals surface area contributed by atoms with Crippen molar-refractivity contribution in [3.63, 3.8) is 0 Å². The lowest BCUT2D eigenvalue weighted by molar-refractivity contribution is 0.138. The van der Waals surface area contributed by atoms with Gasteiger partial charge < -0.3 is 10.4 Å². The van der Waals surface area contributed by atoms with Gasteiger partial charge in [0.2, 0.25) is 0 Å². The van der Waals surface area contributed by atoms with Gasteiger partial charge in [-0.25, -0.2) is 0 Å². The highest BCUT2D eigenvalue weighted by Crippen LogP contribution is 2.27. The first-order valence-corrected chi connectivity index (χ1v) is 6.03. The van der Waals surface area contributed by atoms with E-state index < -0.39 is 0 Å². The monoisotopic (exact) mass is 261 g/mol. The summed E-state index contributed by atoms with van der Waals surface area (Å²) in [4.78, 5) is 0. The van der Waals surface area contributed by atoms with Crippen molar-refractivity contribution in [1.29, 1.82) is 0 Å². The summed E-state index contributed by atoms with van der Waals surface area (Å²) in [6.45, 7) is 0.683. The van der Waals surface area contributed by atoms with Crippen molar-refractivity contribution in [1.82, 2.24) is 10.2 Å². The number of aromatic nitrogens is 2. The molecular formula is C10H13Cl2N3O. The SMILES string of the molecule is OC1CCCC1CNc1cc(Cl)nnc1Cl. The molecule has 1 saturated carbocycles. The van der Waals surface area contributed by atoms with Gasteiger partial charge in [0.25, 0.3) is 0 Å². The Bertz CT molecular complexity index is 375. The highest BCUT2D eigenvalue weighted by Gasteiger charge is 2.24. The molecule has 0 aromatic carbocycles. The topological polar surface area (TPSA) is 58.0 Å². The number of nitrogens with one attached hydrogen (secondary N) is 1. The van der Waals surface area contributed by atoms with Gasteiger partial charge in [0.05, 0.1) is 11.8 Å². The fourth-order valence-corrected chi connectivity index (χ4v) is 2.28. The molecule has 1 aromatic heterocycles. The fraction of sp³-hybridized carbons (Fsp3) is 0.600. The predicted octanol–water partition coefficient (Wildman–Crippen LogP) is 2.36. The average molecular weight is 262 g/mol. The van der Waals surface area contributed by atoms with Gasteiger partial charge in [0.15, 0.2) is 10.3 Å². The number of rotatable bonds is 3. The molecule has 2 unspecified atom stereocenters. The highest BCUT2D eigenvalue weighted by atomic mass is 35.5. The Balaban J connectivity index is 1.96. The Labute approximate surface area is 104 Å². The molecule has 6 heteroatoms.